The van der Waals surface area contributed by atoms with Crippen LogP contribution in [0.4, 0.5) is 21.0 Å². The van der Waals surface area contributed by atoms with Crippen LogP contribution in [-0.2, 0) is 0 Å². The third kappa shape index (κ3) is 4.68. The second-order valence-corrected chi connectivity index (χ2v) is 4.82. The van der Waals surface area contributed by atoms with Crippen molar-refractivity contribution >= 4 is 42.2 Å². The maximum atomic E-state index is 11.9. The van der Waals surface area contributed by atoms with Crippen LogP contribution in [0.25, 0.3) is 0 Å². The van der Waals surface area contributed by atoms with E-state index in [1.54, 1.807) is 0 Å². The van der Waals surface area contributed by atoms with E-state index in [1.165, 1.54) is 48.5 Å². The van der Waals surface area contributed by atoms with Gasteiger partial charge in [-0.25, -0.2) is 9.59 Å². The van der Waals surface area contributed by atoms with Crippen molar-refractivity contribution in [2.75, 3.05) is 10.6 Å². The molecule has 2 aromatic rings. The first-order valence-corrected chi connectivity index (χ1v) is 7.00. The van der Waals surface area contributed by atoms with E-state index in [0.717, 1.165) is 0 Å². The van der Waals surface area contributed by atoms with Crippen LogP contribution < -0.4 is 10.6 Å². The van der Waals surface area contributed by atoms with Gasteiger partial charge in [-0.1, -0.05) is 24.3 Å². The van der Waals surface area contributed by atoms with Gasteiger partial charge in [0, 0.05) is 0 Å². The van der Waals surface area contributed by atoms with Gasteiger partial charge in [0.2, 0.25) is 0 Å². The van der Waals surface area contributed by atoms with Crippen LogP contribution in [0.5, 0.6) is 0 Å². The lowest BCUT2D eigenvalue weighted by Crippen LogP contribution is -2.29. The first-order valence-electron chi connectivity index (χ1n) is 7.00. The minimum atomic E-state index is -1.23. The van der Waals surface area contributed by atoms with Gasteiger partial charge < -0.3 is 20.8 Å². The molecule has 4 N–H and O–H groups in total. The second-order valence-electron chi connectivity index (χ2n) is 4.82. The van der Waals surface area contributed by atoms with Gasteiger partial charge in [0.25, 0.3) is 0 Å². The zero-order valence-corrected chi connectivity index (χ0v) is 12.7. The standard InChI is InChI=1S/C16H12BN2O6/c20-13(21)9-5-1-3-7-11(9)18-15(24)17-16(25)19-12-8-4-2-6-10(12)14(22)23/h1-8H,(H,18,24)(H,19,25)(H,20,21)(H,22,23). The first kappa shape index (κ1) is 17.7. The Labute approximate surface area is 142 Å². The van der Waals surface area contributed by atoms with Crippen LogP contribution in [0.2, 0.25) is 0 Å². The predicted molar refractivity (Wildman–Crippen MR) is 90.6 cm³/mol. The van der Waals surface area contributed by atoms with E-state index in [1.807, 2.05) is 0 Å². The molecule has 0 saturated heterocycles. The highest BCUT2D eigenvalue weighted by Gasteiger charge is 2.18. The fourth-order valence-electron chi connectivity index (χ4n) is 2.01. The minimum Gasteiger partial charge on any atom is -0.478 e. The number of para-hydroxylation sites is 2. The van der Waals surface area contributed by atoms with Crippen molar-refractivity contribution in [3.8, 4) is 0 Å². The Bertz CT molecular complexity index is 783. The van der Waals surface area contributed by atoms with Crippen molar-refractivity contribution in [3.05, 3.63) is 59.7 Å². The molecule has 8 nitrogen and oxygen atoms in total. The number of hydrogen-bond donors (Lipinski definition) is 4. The van der Waals surface area contributed by atoms with Gasteiger partial charge >= 0.3 is 19.2 Å². The molecule has 1 radical (unpaired) electrons. The fourth-order valence-corrected chi connectivity index (χ4v) is 2.01. The van der Waals surface area contributed by atoms with E-state index in [0.29, 0.717) is 7.28 Å². The van der Waals surface area contributed by atoms with E-state index in [2.05, 4.69) is 10.6 Å². The predicted octanol–water partition coefficient (Wildman–Crippen LogP) is 2.55. The third-order valence-electron chi connectivity index (χ3n) is 3.09. The zero-order chi connectivity index (χ0) is 18.4. The van der Waals surface area contributed by atoms with Gasteiger partial charge in [-0.2, -0.15) is 0 Å². The molecule has 0 atom stereocenters. The van der Waals surface area contributed by atoms with Gasteiger partial charge in [-0.05, 0) is 24.3 Å². The van der Waals surface area contributed by atoms with Crippen molar-refractivity contribution < 1.29 is 29.4 Å². The van der Waals surface area contributed by atoms with E-state index in [9.17, 15) is 19.2 Å². The molecule has 0 saturated carbocycles. The highest BCUT2D eigenvalue weighted by Crippen LogP contribution is 2.16. The maximum Gasteiger partial charge on any atom is 0.351 e. The number of carbonyl (C=O) groups excluding carboxylic acids is 2. The van der Waals surface area contributed by atoms with E-state index < -0.39 is 23.6 Å². The molecule has 0 bridgehead atoms. The summed E-state index contributed by atoms with van der Waals surface area (Å²) in [6.07, 6.45) is 0. The van der Waals surface area contributed by atoms with Crippen molar-refractivity contribution in [1.29, 1.82) is 0 Å². The molecule has 0 heterocycles. The summed E-state index contributed by atoms with van der Waals surface area (Å²) in [5.41, 5.74) is -0.174. The quantitative estimate of drug-likeness (QED) is 0.598. The molecular weight excluding hydrogens is 327 g/mol. The van der Waals surface area contributed by atoms with E-state index >= 15 is 0 Å². The number of aromatic carboxylic acids is 2. The molecule has 0 spiro atoms. The molecule has 0 aromatic heterocycles. The summed E-state index contributed by atoms with van der Waals surface area (Å²) >= 11 is 0. The van der Waals surface area contributed by atoms with Crippen LogP contribution in [0.1, 0.15) is 20.7 Å². The molecule has 2 rings (SSSR count). The summed E-state index contributed by atoms with van der Waals surface area (Å²) in [4.78, 5) is 45.9. The summed E-state index contributed by atoms with van der Waals surface area (Å²) in [6.45, 7) is 0. The SMILES string of the molecule is O=C([B]C(=O)Nc1ccccc1C(=O)O)Nc1ccccc1C(=O)O. The fraction of sp³-hybridized carbons (Fsp3) is 0. The summed E-state index contributed by atoms with van der Waals surface area (Å²) in [7, 11) is 0.664. The van der Waals surface area contributed by atoms with Gasteiger partial charge in [0.1, 0.15) is 0 Å². The van der Waals surface area contributed by atoms with E-state index in [4.69, 9.17) is 10.2 Å². The molecule has 25 heavy (non-hydrogen) atoms. The average Bonchev–Trinajstić information content (AvgIpc) is 2.55. The molecule has 0 aliphatic heterocycles. The molecule has 125 valence electrons. The third-order valence-corrected chi connectivity index (χ3v) is 3.09. The number of benzene rings is 2. The number of anilines is 2. The van der Waals surface area contributed by atoms with Crippen LogP contribution in [0.15, 0.2) is 48.5 Å². The summed E-state index contributed by atoms with van der Waals surface area (Å²) in [6, 6.07) is 11.4. The van der Waals surface area contributed by atoms with E-state index in [-0.39, 0.29) is 22.5 Å². The molecular formula is C16H12BN2O6. The highest BCUT2D eigenvalue weighted by molar-refractivity contribution is 6.99. The van der Waals surface area contributed by atoms with Crippen molar-refractivity contribution in [3.63, 3.8) is 0 Å². The lowest BCUT2D eigenvalue weighted by molar-refractivity contribution is 0.0687. The molecule has 0 aliphatic rings. The number of carboxylic acid groups (broad SMARTS) is 2. The number of carbonyl (C=O) groups is 4. The topological polar surface area (TPSA) is 133 Å². The number of carboxylic acids is 2. The van der Waals surface area contributed by atoms with Gasteiger partial charge in [-0.3, -0.25) is 9.59 Å². The average molecular weight is 339 g/mol. The van der Waals surface area contributed by atoms with Crippen molar-refractivity contribution in [2.45, 2.75) is 0 Å². The Kier molecular flexibility index (Phi) is 5.52. The van der Waals surface area contributed by atoms with Gasteiger partial charge in [0.05, 0.1) is 22.5 Å². The maximum absolute atomic E-state index is 11.9. The number of rotatable bonds is 6. The summed E-state index contributed by atoms with van der Waals surface area (Å²) in [5.74, 6) is -4.15. The molecule has 0 aliphatic carbocycles. The lowest BCUT2D eigenvalue weighted by Gasteiger charge is -2.09. The monoisotopic (exact) mass is 339 g/mol. The number of hydrogen-bond acceptors (Lipinski definition) is 4. The van der Waals surface area contributed by atoms with Crippen LogP contribution in [0.3, 0.4) is 0 Å². The summed E-state index contributed by atoms with van der Waals surface area (Å²) in [5, 5.41) is 22.7. The second kappa shape index (κ2) is 7.78. The number of nitrogens with one attached hydrogen (secondary N) is 2. The van der Waals surface area contributed by atoms with Gasteiger partial charge in [0.15, 0.2) is 11.6 Å². The molecule has 9 heteroatoms. The Morgan fingerprint density at radius 1 is 0.680 bits per heavy atom. The normalized spacial score (nSPS) is 9.76. The smallest absolute Gasteiger partial charge is 0.351 e. The van der Waals surface area contributed by atoms with Gasteiger partial charge in [-0.15, -0.1) is 0 Å². The Morgan fingerprint density at radius 3 is 1.40 bits per heavy atom. The Morgan fingerprint density at radius 2 is 1.04 bits per heavy atom. The zero-order valence-electron chi connectivity index (χ0n) is 12.7. The highest BCUT2D eigenvalue weighted by atomic mass is 16.4. The lowest BCUT2D eigenvalue weighted by atomic mass is 9.76. The van der Waals surface area contributed by atoms with Crippen molar-refractivity contribution in [1.82, 2.24) is 0 Å². The number of amides is 2. The Balaban J connectivity index is 2.03. The first-order chi connectivity index (χ1) is 11.9. The molecule has 0 unspecified atom stereocenters. The molecule has 0 fully saturated rings. The molecule has 2 aromatic carbocycles. The van der Waals surface area contributed by atoms with Crippen LogP contribution >= 0.6 is 0 Å². The van der Waals surface area contributed by atoms with Crippen molar-refractivity contribution in [2.24, 2.45) is 0 Å². The minimum absolute atomic E-state index is 0.0370. The molecule has 2 amide bonds. The largest absolute Gasteiger partial charge is 0.478 e. The summed E-state index contributed by atoms with van der Waals surface area (Å²) < 4.78 is 0. The van der Waals surface area contributed by atoms with Crippen LogP contribution in [0, 0.1) is 0 Å². The Hall–Kier alpha value is -3.62. The van der Waals surface area contributed by atoms with Crippen LogP contribution in [-0.4, -0.2) is 41.0 Å².